The van der Waals surface area contributed by atoms with Crippen LogP contribution in [0.15, 0.2) is 27.5 Å². The normalized spacial score (nSPS) is 11.2. The second-order valence-electron chi connectivity index (χ2n) is 4.57. The third-order valence-electron chi connectivity index (χ3n) is 2.62. The third-order valence-corrected chi connectivity index (χ3v) is 3.51. The first-order chi connectivity index (χ1) is 9.60. The Hall–Kier alpha value is -1.67. The number of nitrogens with one attached hydrogen (secondary N) is 2. The largest absolute Gasteiger partial charge is 0.343 e. The number of aromatic amines is 1. The molecule has 0 aliphatic carbocycles. The summed E-state index contributed by atoms with van der Waals surface area (Å²) in [5.41, 5.74) is 0.811. The second-order valence-corrected chi connectivity index (χ2v) is 5.50. The molecule has 2 rings (SSSR count). The fourth-order valence-electron chi connectivity index (χ4n) is 1.55. The van der Waals surface area contributed by atoms with Crippen LogP contribution < -0.4 is 11.0 Å². The van der Waals surface area contributed by atoms with Gasteiger partial charge >= 0.3 is 5.69 Å². The number of hydrogen-bond donors (Lipinski definition) is 2. The molecule has 0 aromatic carbocycles. The maximum atomic E-state index is 11.4. The zero-order valence-corrected chi connectivity index (χ0v) is 12.6. The first kappa shape index (κ1) is 14.7. The van der Waals surface area contributed by atoms with E-state index in [9.17, 15) is 4.79 Å². The van der Waals surface area contributed by atoms with Crippen LogP contribution in [-0.2, 0) is 13.1 Å². The first-order valence-corrected chi connectivity index (χ1v) is 7.29. The van der Waals surface area contributed by atoms with E-state index in [4.69, 9.17) is 0 Å². The van der Waals surface area contributed by atoms with Crippen molar-refractivity contribution in [3.8, 4) is 0 Å². The summed E-state index contributed by atoms with van der Waals surface area (Å²) >= 11 is 1.27. The van der Waals surface area contributed by atoms with Crippen molar-refractivity contribution in [1.82, 2.24) is 30.0 Å². The number of rotatable bonds is 6. The molecule has 8 heteroatoms. The molecule has 0 amide bonds. The average molecular weight is 294 g/mol. The molecule has 0 saturated carbocycles. The van der Waals surface area contributed by atoms with Gasteiger partial charge in [0, 0.05) is 37.1 Å². The van der Waals surface area contributed by atoms with Crippen molar-refractivity contribution in [2.75, 3.05) is 0 Å². The van der Waals surface area contributed by atoms with Crippen LogP contribution in [0, 0.1) is 0 Å². The summed E-state index contributed by atoms with van der Waals surface area (Å²) in [7, 11) is 0. The topological polar surface area (TPSA) is 88.5 Å². The standard InChI is InChI=1S/C12H18N6OS/c1-4-18-11(19)16-17-12(18)20-10-14-6-9(7-15-10)5-13-8(2)3/h6-8,13H,4-5H2,1-3H3,(H,16,19). The van der Waals surface area contributed by atoms with Gasteiger partial charge in [0.05, 0.1) is 0 Å². The molecule has 0 radical (unpaired) electrons. The number of aromatic nitrogens is 5. The van der Waals surface area contributed by atoms with Crippen LogP contribution in [0.1, 0.15) is 26.3 Å². The zero-order valence-electron chi connectivity index (χ0n) is 11.8. The van der Waals surface area contributed by atoms with Gasteiger partial charge in [-0.25, -0.2) is 19.9 Å². The first-order valence-electron chi connectivity index (χ1n) is 6.47. The minimum Gasteiger partial charge on any atom is -0.310 e. The van der Waals surface area contributed by atoms with Crippen molar-refractivity contribution in [2.24, 2.45) is 0 Å². The predicted octanol–water partition coefficient (Wildman–Crippen LogP) is 1.03. The highest BCUT2D eigenvalue weighted by Gasteiger charge is 2.10. The van der Waals surface area contributed by atoms with Gasteiger partial charge < -0.3 is 5.32 Å². The van der Waals surface area contributed by atoms with Crippen molar-refractivity contribution < 1.29 is 0 Å². The second kappa shape index (κ2) is 6.67. The monoisotopic (exact) mass is 294 g/mol. The lowest BCUT2D eigenvalue weighted by atomic mass is 10.3. The quantitative estimate of drug-likeness (QED) is 0.774. The molecule has 0 saturated heterocycles. The van der Waals surface area contributed by atoms with E-state index in [1.165, 1.54) is 11.8 Å². The molecule has 2 heterocycles. The Morgan fingerprint density at radius 2 is 2.10 bits per heavy atom. The molecule has 0 spiro atoms. The van der Waals surface area contributed by atoms with E-state index in [-0.39, 0.29) is 5.69 Å². The maximum Gasteiger partial charge on any atom is 0.343 e. The van der Waals surface area contributed by atoms with E-state index < -0.39 is 0 Å². The van der Waals surface area contributed by atoms with Gasteiger partial charge in [0.1, 0.15) is 0 Å². The molecule has 0 bridgehead atoms. The highest BCUT2D eigenvalue weighted by atomic mass is 32.2. The molecule has 20 heavy (non-hydrogen) atoms. The Balaban J connectivity index is 2.05. The zero-order chi connectivity index (χ0) is 14.5. The molecule has 2 aromatic heterocycles. The molecule has 108 valence electrons. The summed E-state index contributed by atoms with van der Waals surface area (Å²) in [6.07, 6.45) is 3.57. The smallest absolute Gasteiger partial charge is 0.310 e. The van der Waals surface area contributed by atoms with Gasteiger partial charge in [-0.1, -0.05) is 13.8 Å². The van der Waals surface area contributed by atoms with Crippen LogP contribution >= 0.6 is 11.8 Å². The van der Waals surface area contributed by atoms with Crippen LogP contribution in [0.5, 0.6) is 0 Å². The lowest BCUT2D eigenvalue weighted by Gasteiger charge is -2.07. The van der Waals surface area contributed by atoms with Gasteiger partial charge in [-0.2, -0.15) is 0 Å². The van der Waals surface area contributed by atoms with Gasteiger partial charge in [-0.15, -0.1) is 5.10 Å². The maximum absolute atomic E-state index is 11.4. The van der Waals surface area contributed by atoms with Gasteiger partial charge in [-0.05, 0) is 18.7 Å². The fourth-order valence-corrected chi connectivity index (χ4v) is 2.34. The van der Waals surface area contributed by atoms with Gasteiger partial charge in [0.2, 0.25) is 0 Å². The summed E-state index contributed by atoms with van der Waals surface area (Å²) in [5, 5.41) is 10.8. The molecule has 0 fully saturated rings. The van der Waals surface area contributed by atoms with Crippen molar-refractivity contribution >= 4 is 11.8 Å². The molecule has 2 aromatic rings. The molecular formula is C12H18N6OS. The van der Waals surface area contributed by atoms with Gasteiger partial charge in [-0.3, -0.25) is 4.57 Å². The summed E-state index contributed by atoms with van der Waals surface area (Å²) in [6.45, 7) is 7.38. The summed E-state index contributed by atoms with van der Waals surface area (Å²) in [5.74, 6) is 0. The Kier molecular flexibility index (Phi) is 4.91. The Labute approximate surface area is 121 Å². The number of H-pyrrole nitrogens is 1. The lowest BCUT2D eigenvalue weighted by Crippen LogP contribution is -2.22. The summed E-state index contributed by atoms with van der Waals surface area (Å²) < 4.78 is 1.54. The SMILES string of the molecule is CCn1c(Sc2ncc(CNC(C)C)cn2)n[nH]c1=O. The van der Waals surface area contributed by atoms with E-state index in [1.54, 1.807) is 17.0 Å². The van der Waals surface area contributed by atoms with Crippen LogP contribution in [0.2, 0.25) is 0 Å². The lowest BCUT2D eigenvalue weighted by molar-refractivity contribution is 0.585. The predicted molar refractivity (Wildman–Crippen MR) is 76.7 cm³/mol. The Morgan fingerprint density at radius 1 is 1.40 bits per heavy atom. The van der Waals surface area contributed by atoms with E-state index in [2.05, 4.69) is 39.3 Å². The molecule has 7 nitrogen and oxygen atoms in total. The average Bonchev–Trinajstić information content (AvgIpc) is 2.78. The molecule has 0 unspecified atom stereocenters. The highest BCUT2D eigenvalue weighted by molar-refractivity contribution is 7.99. The minimum atomic E-state index is -0.215. The Morgan fingerprint density at radius 3 is 2.70 bits per heavy atom. The van der Waals surface area contributed by atoms with Gasteiger partial charge in [0.25, 0.3) is 0 Å². The van der Waals surface area contributed by atoms with Crippen molar-refractivity contribution in [3.63, 3.8) is 0 Å². The van der Waals surface area contributed by atoms with E-state index in [0.29, 0.717) is 22.9 Å². The van der Waals surface area contributed by atoms with E-state index in [1.807, 2.05) is 6.92 Å². The fraction of sp³-hybridized carbons (Fsp3) is 0.500. The van der Waals surface area contributed by atoms with Crippen LogP contribution in [-0.4, -0.2) is 30.8 Å². The third kappa shape index (κ3) is 3.67. The van der Waals surface area contributed by atoms with Crippen molar-refractivity contribution in [1.29, 1.82) is 0 Å². The van der Waals surface area contributed by atoms with Crippen LogP contribution in [0.3, 0.4) is 0 Å². The minimum absolute atomic E-state index is 0.215. The van der Waals surface area contributed by atoms with Crippen LogP contribution in [0.25, 0.3) is 0 Å². The van der Waals surface area contributed by atoms with Crippen LogP contribution in [0.4, 0.5) is 0 Å². The number of hydrogen-bond acceptors (Lipinski definition) is 6. The molecule has 0 aliphatic rings. The molecule has 0 atom stereocenters. The van der Waals surface area contributed by atoms with Gasteiger partial charge in [0.15, 0.2) is 10.3 Å². The Bertz CT molecular complexity index is 603. The van der Waals surface area contributed by atoms with Crippen molar-refractivity contribution in [3.05, 3.63) is 28.4 Å². The van der Waals surface area contributed by atoms with Crippen molar-refractivity contribution in [2.45, 2.75) is 50.2 Å². The molecule has 0 aliphatic heterocycles. The highest BCUT2D eigenvalue weighted by Crippen LogP contribution is 2.20. The number of nitrogens with zero attached hydrogens (tertiary/aromatic N) is 4. The molecular weight excluding hydrogens is 276 g/mol. The summed E-state index contributed by atoms with van der Waals surface area (Å²) in [4.78, 5) is 20.0. The van der Waals surface area contributed by atoms with E-state index >= 15 is 0 Å². The molecule has 2 N–H and O–H groups in total. The summed E-state index contributed by atoms with van der Waals surface area (Å²) in [6, 6.07) is 0.423. The van der Waals surface area contributed by atoms with E-state index in [0.717, 1.165) is 12.1 Å².